The molecule has 126 valence electrons. The minimum Gasteiger partial charge on any atom is -0.352 e. The zero-order valence-corrected chi connectivity index (χ0v) is 14.6. The third kappa shape index (κ3) is 7.20. The molecule has 0 aliphatic carbocycles. The second-order valence-electron chi connectivity index (χ2n) is 4.73. The number of hydrogen-bond donors (Lipinski definition) is 5. The van der Waals surface area contributed by atoms with Crippen LogP contribution in [0.1, 0.15) is 12.0 Å². The van der Waals surface area contributed by atoms with E-state index in [0.29, 0.717) is 12.2 Å². The van der Waals surface area contributed by atoms with Crippen molar-refractivity contribution in [2.45, 2.75) is 19.4 Å². The second kappa shape index (κ2) is 9.90. The Hall–Kier alpha value is -2.00. The summed E-state index contributed by atoms with van der Waals surface area (Å²) < 4.78 is 0. The molecule has 0 saturated heterocycles. The molecule has 0 saturated carbocycles. The Kier molecular flexibility index (Phi) is 8.20. The van der Waals surface area contributed by atoms with E-state index in [-0.39, 0.29) is 5.11 Å². The van der Waals surface area contributed by atoms with Gasteiger partial charge in [-0.15, -0.1) is 0 Å². The van der Waals surface area contributed by atoms with Gasteiger partial charge in [-0.2, -0.15) is 11.8 Å². The fraction of sp³-hybridized carbons (Fsp3) is 0.357. The van der Waals surface area contributed by atoms with E-state index < -0.39 is 18.0 Å². The molecule has 1 aromatic rings. The zero-order valence-electron chi connectivity index (χ0n) is 13.0. The van der Waals surface area contributed by atoms with E-state index in [1.807, 2.05) is 37.4 Å². The van der Waals surface area contributed by atoms with E-state index in [2.05, 4.69) is 21.5 Å². The highest BCUT2D eigenvalue weighted by molar-refractivity contribution is 7.98. The highest BCUT2D eigenvalue weighted by Gasteiger charge is 2.19. The van der Waals surface area contributed by atoms with Crippen LogP contribution in [0.3, 0.4) is 0 Å². The number of para-hydroxylation sites is 1. The van der Waals surface area contributed by atoms with Crippen molar-refractivity contribution >= 4 is 46.7 Å². The largest absolute Gasteiger partial charge is 0.352 e. The minimum atomic E-state index is -0.744. The number of aryl methyl sites for hydroxylation is 1. The molecular formula is C14H21N5O2S2. The van der Waals surface area contributed by atoms with Crippen LogP contribution in [0.4, 0.5) is 10.5 Å². The lowest BCUT2D eigenvalue weighted by atomic mass is 10.2. The van der Waals surface area contributed by atoms with Gasteiger partial charge >= 0.3 is 6.03 Å². The number of nitrogens with one attached hydrogen (secondary N) is 4. The van der Waals surface area contributed by atoms with Crippen LogP contribution < -0.4 is 27.2 Å². The molecular weight excluding hydrogens is 334 g/mol. The number of primary amides is 1. The number of amides is 3. The van der Waals surface area contributed by atoms with Crippen LogP contribution in [0, 0.1) is 6.92 Å². The lowest BCUT2D eigenvalue weighted by Crippen LogP contribution is -2.54. The summed E-state index contributed by atoms with van der Waals surface area (Å²) in [5, 5.41) is 5.63. The van der Waals surface area contributed by atoms with Crippen molar-refractivity contribution in [3.8, 4) is 0 Å². The average Bonchev–Trinajstić information content (AvgIpc) is 2.51. The number of thioether (sulfide) groups is 1. The molecule has 7 nitrogen and oxygen atoms in total. The van der Waals surface area contributed by atoms with Gasteiger partial charge in [-0.25, -0.2) is 4.79 Å². The van der Waals surface area contributed by atoms with Crippen molar-refractivity contribution in [1.29, 1.82) is 0 Å². The first-order chi connectivity index (χ1) is 10.9. The number of urea groups is 1. The van der Waals surface area contributed by atoms with Gasteiger partial charge in [0.05, 0.1) is 0 Å². The van der Waals surface area contributed by atoms with Gasteiger partial charge in [-0.3, -0.25) is 15.6 Å². The summed E-state index contributed by atoms with van der Waals surface area (Å²) in [5.74, 6) is 0.302. The first-order valence-corrected chi connectivity index (χ1v) is 8.71. The van der Waals surface area contributed by atoms with E-state index in [1.54, 1.807) is 11.8 Å². The number of thiocarbonyl (C=S) groups is 1. The summed E-state index contributed by atoms with van der Waals surface area (Å²) in [5.41, 5.74) is 12.0. The lowest BCUT2D eigenvalue weighted by molar-refractivity contribution is -0.123. The first-order valence-electron chi connectivity index (χ1n) is 6.91. The molecule has 0 bridgehead atoms. The van der Waals surface area contributed by atoms with Crippen molar-refractivity contribution < 1.29 is 9.59 Å². The van der Waals surface area contributed by atoms with Gasteiger partial charge in [-0.05, 0) is 49.2 Å². The monoisotopic (exact) mass is 355 g/mol. The number of rotatable bonds is 6. The van der Waals surface area contributed by atoms with Gasteiger partial charge in [0.25, 0.3) is 5.91 Å². The van der Waals surface area contributed by atoms with Crippen molar-refractivity contribution in [1.82, 2.24) is 16.2 Å². The van der Waals surface area contributed by atoms with Crippen LogP contribution in [-0.4, -0.2) is 35.1 Å². The molecule has 0 unspecified atom stereocenters. The number of anilines is 1. The van der Waals surface area contributed by atoms with Crippen LogP contribution in [0.2, 0.25) is 0 Å². The molecule has 1 atom stereocenters. The van der Waals surface area contributed by atoms with Gasteiger partial charge in [0.15, 0.2) is 5.11 Å². The fourth-order valence-corrected chi connectivity index (χ4v) is 2.38. The van der Waals surface area contributed by atoms with E-state index in [1.165, 1.54) is 0 Å². The topological polar surface area (TPSA) is 108 Å². The van der Waals surface area contributed by atoms with Crippen LogP contribution in [-0.2, 0) is 4.79 Å². The summed E-state index contributed by atoms with van der Waals surface area (Å²) >= 11 is 6.69. The predicted molar refractivity (Wildman–Crippen MR) is 98.2 cm³/mol. The molecule has 0 aliphatic rings. The van der Waals surface area contributed by atoms with E-state index in [4.69, 9.17) is 18.0 Å². The highest BCUT2D eigenvalue weighted by atomic mass is 32.2. The highest BCUT2D eigenvalue weighted by Crippen LogP contribution is 2.12. The molecule has 0 spiro atoms. The van der Waals surface area contributed by atoms with Crippen molar-refractivity contribution in [3.63, 3.8) is 0 Å². The molecule has 0 aromatic heterocycles. The molecule has 1 rings (SSSR count). The Labute approximate surface area is 145 Å². The average molecular weight is 355 g/mol. The number of carbonyl (C=O) groups is 2. The molecule has 6 N–H and O–H groups in total. The minimum absolute atomic E-state index is 0.246. The molecule has 23 heavy (non-hydrogen) atoms. The fourth-order valence-electron chi connectivity index (χ4n) is 1.75. The lowest BCUT2D eigenvalue weighted by Gasteiger charge is -2.18. The number of hydrogen-bond acceptors (Lipinski definition) is 4. The maximum atomic E-state index is 12.1. The Bertz CT molecular complexity index is 568. The van der Waals surface area contributed by atoms with Gasteiger partial charge in [0.1, 0.15) is 6.04 Å². The Balaban J connectivity index is 2.50. The van der Waals surface area contributed by atoms with E-state index in [0.717, 1.165) is 11.3 Å². The van der Waals surface area contributed by atoms with Gasteiger partial charge in [-0.1, -0.05) is 18.2 Å². The van der Waals surface area contributed by atoms with Crippen LogP contribution in [0.15, 0.2) is 24.3 Å². The SMILES string of the molecule is CSCC[C@H](NC(N)=O)C(=O)NNC(=S)Nc1ccccc1C. The van der Waals surface area contributed by atoms with Gasteiger partial charge in [0, 0.05) is 5.69 Å². The smallest absolute Gasteiger partial charge is 0.312 e. The molecule has 3 amide bonds. The normalized spacial score (nSPS) is 11.2. The van der Waals surface area contributed by atoms with Gasteiger partial charge in [0.2, 0.25) is 0 Å². The maximum absolute atomic E-state index is 12.1. The first kappa shape index (κ1) is 19.0. The number of benzene rings is 1. The van der Waals surface area contributed by atoms with Crippen LogP contribution in [0.25, 0.3) is 0 Å². The predicted octanol–water partition coefficient (Wildman–Crippen LogP) is 1.10. The number of nitrogens with two attached hydrogens (primary N) is 1. The summed E-state index contributed by atoms with van der Waals surface area (Å²) in [6, 6.07) is 6.16. The second-order valence-corrected chi connectivity index (χ2v) is 6.12. The summed E-state index contributed by atoms with van der Waals surface area (Å²) in [7, 11) is 0. The zero-order chi connectivity index (χ0) is 17.2. The van der Waals surface area contributed by atoms with Crippen molar-refractivity contribution in [2.24, 2.45) is 5.73 Å². The molecule has 0 radical (unpaired) electrons. The summed E-state index contributed by atoms with van der Waals surface area (Å²) in [4.78, 5) is 23.0. The summed E-state index contributed by atoms with van der Waals surface area (Å²) in [6.07, 6.45) is 2.38. The van der Waals surface area contributed by atoms with Crippen molar-refractivity contribution in [3.05, 3.63) is 29.8 Å². The summed E-state index contributed by atoms with van der Waals surface area (Å²) in [6.45, 7) is 1.94. The molecule has 0 aliphatic heterocycles. The van der Waals surface area contributed by atoms with E-state index >= 15 is 0 Å². The third-order valence-corrected chi connectivity index (χ3v) is 3.78. The Morgan fingerprint density at radius 1 is 1.30 bits per heavy atom. The molecule has 0 heterocycles. The van der Waals surface area contributed by atoms with E-state index in [9.17, 15) is 9.59 Å². The Morgan fingerprint density at radius 3 is 2.61 bits per heavy atom. The van der Waals surface area contributed by atoms with Crippen molar-refractivity contribution in [2.75, 3.05) is 17.3 Å². The standard InChI is InChI=1S/C14H21N5O2S2/c1-9-5-3-4-6-10(9)17-14(22)19-18-12(20)11(7-8-23-2)16-13(15)21/h3-6,11H,7-8H2,1-2H3,(H,18,20)(H3,15,16,21)(H2,17,19,22)/t11-/m0/s1. The number of hydrazine groups is 1. The molecule has 9 heteroatoms. The molecule has 1 aromatic carbocycles. The Morgan fingerprint density at radius 2 is 2.00 bits per heavy atom. The maximum Gasteiger partial charge on any atom is 0.312 e. The van der Waals surface area contributed by atoms with Crippen LogP contribution >= 0.6 is 24.0 Å². The van der Waals surface area contributed by atoms with Crippen LogP contribution in [0.5, 0.6) is 0 Å². The molecule has 0 fully saturated rings. The third-order valence-electron chi connectivity index (χ3n) is 2.94. The quantitative estimate of drug-likeness (QED) is 0.386. The van der Waals surface area contributed by atoms with Gasteiger partial charge < -0.3 is 16.4 Å². The number of carbonyl (C=O) groups excluding carboxylic acids is 2.